The van der Waals surface area contributed by atoms with E-state index in [1.807, 2.05) is 36.4 Å². The number of nitriles is 2. The van der Waals surface area contributed by atoms with Crippen LogP contribution >= 0.6 is 0 Å². The van der Waals surface area contributed by atoms with Crippen LogP contribution in [0.5, 0.6) is 0 Å². The summed E-state index contributed by atoms with van der Waals surface area (Å²) in [5.41, 5.74) is 13.5. The Labute approximate surface area is 371 Å². The molecule has 9 aromatic rings. The van der Waals surface area contributed by atoms with Crippen molar-refractivity contribution in [2.45, 2.75) is 46.1 Å². The van der Waals surface area contributed by atoms with Crippen LogP contribution in [0.25, 0.3) is 44.1 Å². The molecule has 1 atom stereocenters. The summed E-state index contributed by atoms with van der Waals surface area (Å²) < 4.78 is 2.46. The van der Waals surface area contributed by atoms with E-state index in [2.05, 4.69) is 198 Å². The molecule has 0 amide bonds. The highest BCUT2D eigenvalue weighted by molar-refractivity contribution is 6.11. The molecule has 0 saturated heterocycles. The Balaban J connectivity index is 1.16. The minimum absolute atomic E-state index is 0.476. The van der Waals surface area contributed by atoms with Crippen LogP contribution in [0.15, 0.2) is 194 Å². The molecule has 63 heavy (non-hydrogen) atoms. The van der Waals surface area contributed by atoms with Crippen LogP contribution in [0.1, 0.15) is 50.7 Å². The third kappa shape index (κ3) is 8.18. The Morgan fingerprint density at radius 1 is 0.460 bits per heavy atom. The van der Waals surface area contributed by atoms with Crippen LogP contribution in [-0.2, 0) is 6.54 Å². The standard InChI is InChI=1S/C58H49N5/c1-3-5-18-42(4-2)41-61-57-37-53(43-27-31-51(32-28-43)62(47-19-10-6-11-20-47)48-21-12-7-13-22-48)45(39-59)35-55(57)56-36-46(40-60)54(38-58(56)61)44-29-33-52(34-30-44)63(49-23-14-8-15-24-49)50-25-16-9-17-26-50/h6-17,19-38,42H,3-5,18,41H2,1-2H3. The highest BCUT2D eigenvalue weighted by atomic mass is 15.1. The van der Waals surface area contributed by atoms with Gasteiger partial charge in [-0.05, 0) is 121 Å². The highest BCUT2D eigenvalue weighted by Crippen LogP contribution is 2.42. The second-order valence-electron chi connectivity index (χ2n) is 16.2. The van der Waals surface area contributed by atoms with Crippen LogP contribution in [0.2, 0.25) is 0 Å². The SMILES string of the molecule is CCCCC(CC)Cn1c2cc(-c3ccc(N(c4ccccc4)c4ccccc4)cc3)c(C#N)cc2c2cc(C#N)c(-c3ccc(N(c4ccccc4)c4ccccc4)cc3)cc21. The highest BCUT2D eigenvalue weighted by Gasteiger charge is 2.21. The fourth-order valence-corrected chi connectivity index (χ4v) is 9.00. The van der Waals surface area contributed by atoms with Gasteiger partial charge < -0.3 is 14.4 Å². The van der Waals surface area contributed by atoms with Crippen LogP contribution in [0.3, 0.4) is 0 Å². The molecule has 1 heterocycles. The van der Waals surface area contributed by atoms with E-state index in [0.29, 0.717) is 17.0 Å². The van der Waals surface area contributed by atoms with E-state index >= 15 is 0 Å². The molecule has 306 valence electrons. The largest absolute Gasteiger partial charge is 0.340 e. The summed E-state index contributed by atoms with van der Waals surface area (Å²) >= 11 is 0. The zero-order chi connectivity index (χ0) is 43.1. The van der Waals surface area contributed by atoms with Crippen molar-refractivity contribution < 1.29 is 0 Å². The topological polar surface area (TPSA) is 59.0 Å². The molecule has 9 rings (SSSR count). The van der Waals surface area contributed by atoms with Gasteiger partial charge in [0.25, 0.3) is 0 Å². The van der Waals surface area contributed by atoms with Gasteiger partial charge in [-0.2, -0.15) is 10.5 Å². The molecular weight excluding hydrogens is 767 g/mol. The zero-order valence-corrected chi connectivity index (χ0v) is 35.8. The summed E-state index contributed by atoms with van der Waals surface area (Å²) in [6.45, 7) is 5.39. The van der Waals surface area contributed by atoms with Gasteiger partial charge in [0.1, 0.15) is 0 Å². The minimum atomic E-state index is 0.476. The van der Waals surface area contributed by atoms with Crippen molar-refractivity contribution >= 4 is 55.9 Å². The molecule has 0 spiro atoms. The van der Waals surface area contributed by atoms with E-state index in [1.165, 1.54) is 6.42 Å². The maximum Gasteiger partial charge on any atom is 0.0998 e. The molecule has 0 radical (unpaired) electrons. The number of hydrogen-bond donors (Lipinski definition) is 0. The maximum absolute atomic E-state index is 10.7. The number of anilines is 6. The summed E-state index contributed by atoms with van der Waals surface area (Å²) in [7, 11) is 0. The van der Waals surface area contributed by atoms with Crippen LogP contribution in [-0.4, -0.2) is 4.57 Å². The third-order valence-electron chi connectivity index (χ3n) is 12.3. The number of unbranched alkanes of at least 4 members (excludes halogenated alkanes) is 1. The van der Waals surface area contributed by atoms with Crippen LogP contribution in [0, 0.1) is 28.6 Å². The van der Waals surface area contributed by atoms with Crippen molar-refractivity contribution in [1.29, 1.82) is 10.5 Å². The second-order valence-corrected chi connectivity index (χ2v) is 16.2. The lowest BCUT2D eigenvalue weighted by molar-refractivity contribution is 0.401. The zero-order valence-electron chi connectivity index (χ0n) is 35.8. The van der Waals surface area contributed by atoms with Gasteiger partial charge in [0.05, 0.1) is 23.3 Å². The second kappa shape index (κ2) is 18.4. The van der Waals surface area contributed by atoms with E-state index in [-0.39, 0.29) is 0 Å². The molecule has 0 aliphatic heterocycles. The molecule has 0 aliphatic rings. The molecule has 0 fully saturated rings. The molecule has 0 bridgehead atoms. The fraction of sp³-hybridized carbons (Fsp3) is 0.138. The molecule has 0 saturated carbocycles. The van der Waals surface area contributed by atoms with Gasteiger partial charge in [0.15, 0.2) is 0 Å². The Kier molecular flexibility index (Phi) is 11.8. The molecule has 1 aromatic heterocycles. The average molecular weight is 816 g/mol. The first-order valence-corrected chi connectivity index (χ1v) is 22.0. The number of fused-ring (bicyclic) bond motifs is 3. The third-order valence-corrected chi connectivity index (χ3v) is 12.3. The summed E-state index contributed by atoms with van der Waals surface area (Å²) in [5, 5.41) is 23.4. The monoisotopic (exact) mass is 815 g/mol. The lowest BCUT2D eigenvalue weighted by Gasteiger charge is -2.25. The van der Waals surface area contributed by atoms with E-state index < -0.39 is 0 Å². The number of aromatic nitrogens is 1. The van der Waals surface area contributed by atoms with Gasteiger partial charge in [0.2, 0.25) is 0 Å². The van der Waals surface area contributed by atoms with Crippen LogP contribution < -0.4 is 9.80 Å². The Hall–Kier alpha value is -7.86. The summed E-state index contributed by atoms with van der Waals surface area (Å²) in [6.07, 6.45) is 4.53. The molecule has 5 heteroatoms. The average Bonchev–Trinajstić information content (AvgIpc) is 3.64. The Bertz CT molecular complexity index is 2770. The molecule has 1 unspecified atom stereocenters. The Morgan fingerprint density at radius 3 is 1.13 bits per heavy atom. The Morgan fingerprint density at radius 2 is 0.810 bits per heavy atom. The van der Waals surface area contributed by atoms with E-state index in [9.17, 15) is 10.5 Å². The van der Waals surface area contributed by atoms with Gasteiger partial charge in [-0.15, -0.1) is 0 Å². The number of benzene rings is 8. The van der Waals surface area contributed by atoms with Gasteiger partial charge in [-0.1, -0.05) is 130 Å². The normalized spacial score (nSPS) is 11.6. The van der Waals surface area contributed by atoms with Crippen molar-refractivity contribution in [3.05, 3.63) is 205 Å². The first kappa shape index (κ1) is 40.5. The summed E-state index contributed by atoms with van der Waals surface area (Å²) in [5.74, 6) is 0.476. The van der Waals surface area contributed by atoms with Crippen molar-refractivity contribution in [2.75, 3.05) is 9.80 Å². The number of rotatable bonds is 14. The number of para-hydroxylation sites is 4. The molecule has 0 aliphatic carbocycles. The fourth-order valence-electron chi connectivity index (χ4n) is 9.00. The summed E-state index contributed by atoms with van der Waals surface area (Å²) in [4.78, 5) is 4.50. The van der Waals surface area contributed by atoms with Gasteiger partial charge in [0, 0.05) is 73.6 Å². The molecule has 5 nitrogen and oxygen atoms in total. The van der Waals surface area contributed by atoms with Gasteiger partial charge in [-0.25, -0.2) is 0 Å². The number of hydrogen-bond acceptors (Lipinski definition) is 4. The first-order chi connectivity index (χ1) is 31.1. The van der Waals surface area contributed by atoms with Crippen molar-refractivity contribution in [3.63, 3.8) is 0 Å². The lowest BCUT2D eigenvalue weighted by atomic mass is 9.95. The smallest absolute Gasteiger partial charge is 0.0998 e. The number of nitrogens with zero attached hydrogens (tertiary/aromatic N) is 5. The van der Waals surface area contributed by atoms with Crippen molar-refractivity contribution in [2.24, 2.45) is 5.92 Å². The lowest BCUT2D eigenvalue weighted by Crippen LogP contribution is -2.10. The van der Waals surface area contributed by atoms with Crippen LogP contribution in [0.4, 0.5) is 34.1 Å². The quantitative estimate of drug-likeness (QED) is 0.110. The van der Waals surface area contributed by atoms with E-state index in [0.717, 1.165) is 104 Å². The van der Waals surface area contributed by atoms with Crippen molar-refractivity contribution in [1.82, 2.24) is 4.57 Å². The van der Waals surface area contributed by atoms with E-state index in [1.54, 1.807) is 0 Å². The minimum Gasteiger partial charge on any atom is -0.340 e. The van der Waals surface area contributed by atoms with Gasteiger partial charge in [-0.3, -0.25) is 0 Å². The van der Waals surface area contributed by atoms with E-state index in [4.69, 9.17) is 0 Å². The molecular formula is C58H49N5. The van der Waals surface area contributed by atoms with Crippen molar-refractivity contribution in [3.8, 4) is 34.4 Å². The first-order valence-electron chi connectivity index (χ1n) is 22.0. The maximum atomic E-state index is 10.7. The summed E-state index contributed by atoms with van der Waals surface area (Å²) in [6, 6.07) is 72.3. The predicted octanol–water partition coefficient (Wildman–Crippen LogP) is 16.0. The molecule has 8 aromatic carbocycles. The van der Waals surface area contributed by atoms with Gasteiger partial charge >= 0.3 is 0 Å². The predicted molar refractivity (Wildman–Crippen MR) is 262 cm³/mol. The molecule has 0 N–H and O–H groups in total.